The summed E-state index contributed by atoms with van der Waals surface area (Å²) in [5.41, 5.74) is 2.83. The van der Waals surface area contributed by atoms with Gasteiger partial charge in [0.15, 0.2) is 0 Å². The number of hydrogen-bond donors (Lipinski definition) is 0. The molecule has 10 atom stereocenters. The van der Waals surface area contributed by atoms with Gasteiger partial charge >= 0.3 is 0 Å². The maximum Gasteiger partial charge on any atom is 0.137 e. The van der Waals surface area contributed by atoms with Crippen LogP contribution in [0.4, 0.5) is 0 Å². The minimum atomic E-state index is 0.522. The second-order valence-electron chi connectivity index (χ2n) is 13.2. The lowest BCUT2D eigenvalue weighted by molar-refractivity contribution is -0.161. The van der Waals surface area contributed by atoms with E-state index in [1.165, 1.54) is 63.5 Å². The highest BCUT2D eigenvalue weighted by molar-refractivity contribution is 5.26. The molecule has 1 spiro atoms. The molecule has 5 saturated carbocycles. The third kappa shape index (κ3) is 2.99. The topological polar surface area (TPSA) is 31.4 Å². The fourth-order valence-electron chi connectivity index (χ4n) is 10.8. The summed E-state index contributed by atoms with van der Waals surface area (Å²) >= 11 is 0. The van der Waals surface area contributed by atoms with E-state index in [1.807, 2.05) is 13.3 Å². The second kappa shape index (κ2) is 7.70. The lowest BCUT2D eigenvalue weighted by atomic mass is 9.45. The molecule has 33 heavy (non-hydrogen) atoms. The van der Waals surface area contributed by atoms with Gasteiger partial charge in [-0.05, 0) is 123 Å². The monoisotopic (exact) mass is 451 g/mol. The van der Waals surface area contributed by atoms with Gasteiger partial charge in [0.25, 0.3) is 0 Å². The molecule has 5 aliphatic rings. The van der Waals surface area contributed by atoms with Gasteiger partial charge < -0.3 is 9.47 Å². The van der Waals surface area contributed by atoms with Gasteiger partial charge in [0.1, 0.15) is 5.75 Å². The van der Waals surface area contributed by atoms with Crippen molar-refractivity contribution in [3.05, 3.63) is 24.0 Å². The normalized spacial score (nSPS) is 48.4. The fraction of sp³-hybridized carbons (Fsp3) is 0.833. The first-order valence-electron chi connectivity index (χ1n) is 13.9. The molecule has 0 amide bonds. The van der Waals surface area contributed by atoms with Crippen molar-refractivity contribution in [2.75, 3.05) is 14.2 Å². The molecule has 3 heteroatoms. The minimum Gasteiger partial charge on any atom is -0.495 e. The summed E-state index contributed by atoms with van der Waals surface area (Å²) in [6.07, 6.45) is 16.3. The molecule has 5 fully saturated rings. The van der Waals surface area contributed by atoms with Crippen molar-refractivity contribution >= 4 is 0 Å². The van der Waals surface area contributed by atoms with Crippen LogP contribution in [0.5, 0.6) is 5.75 Å². The molecule has 0 saturated heterocycles. The first-order valence-corrected chi connectivity index (χ1v) is 13.9. The molecule has 0 N–H and O–H groups in total. The molecule has 6 rings (SSSR count). The highest BCUT2D eigenvalue weighted by atomic mass is 16.5. The molecular formula is C30H45NO2. The Bertz CT molecular complexity index is 884. The van der Waals surface area contributed by atoms with Crippen LogP contribution < -0.4 is 4.74 Å². The number of rotatable bonds is 6. The van der Waals surface area contributed by atoms with Crippen molar-refractivity contribution in [1.82, 2.24) is 4.98 Å². The van der Waals surface area contributed by atoms with Crippen molar-refractivity contribution in [3.8, 4) is 5.75 Å². The summed E-state index contributed by atoms with van der Waals surface area (Å²) < 4.78 is 11.6. The molecule has 3 nitrogen and oxygen atoms in total. The summed E-state index contributed by atoms with van der Waals surface area (Å²) in [6, 6.07) is 4.20. The largest absolute Gasteiger partial charge is 0.495 e. The number of aromatic nitrogens is 1. The number of pyridine rings is 1. The maximum absolute atomic E-state index is 6.31. The van der Waals surface area contributed by atoms with E-state index in [1.54, 1.807) is 7.11 Å². The molecule has 1 aromatic heterocycles. The van der Waals surface area contributed by atoms with Crippen LogP contribution >= 0.6 is 0 Å². The molecule has 0 bridgehead atoms. The fourth-order valence-corrected chi connectivity index (χ4v) is 10.8. The van der Waals surface area contributed by atoms with E-state index in [4.69, 9.17) is 9.47 Å². The first kappa shape index (κ1) is 22.4. The van der Waals surface area contributed by atoms with Gasteiger partial charge in [-0.3, -0.25) is 4.98 Å². The second-order valence-corrected chi connectivity index (χ2v) is 13.2. The molecule has 1 heterocycles. The van der Waals surface area contributed by atoms with Crippen LogP contribution in [0.25, 0.3) is 0 Å². The smallest absolute Gasteiger partial charge is 0.137 e. The van der Waals surface area contributed by atoms with Crippen molar-refractivity contribution in [2.45, 2.75) is 91.1 Å². The highest BCUT2D eigenvalue weighted by Crippen LogP contribution is 2.82. The van der Waals surface area contributed by atoms with Crippen LogP contribution in [0.2, 0.25) is 0 Å². The Morgan fingerprint density at radius 3 is 2.61 bits per heavy atom. The maximum atomic E-state index is 6.31. The van der Waals surface area contributed by atoms with Gasteiger partial charge in [-0.1, -0.05) is 20.8 Å². The number of ether oxygens (including phenoxy) is 2. The number of methoxy groups -OCH3 is 2. The third-order valence-electron chi connectivity index (χ3n) is 12.5. The Balaban J connectivity index is 1.18. The van der Waals surface area contributed by atoms with E-state index >= 15 is 0 Å². The van der Waals surface area contributed by atoms with E-state index in [2.05, 4.69) is 37.9 Å². The first-order chi connectivity index (χ1) is 15.9. The highest BCUT2D eigenvalue weighted by Gasteiger charge is 2.77. The quantitative estimate of drug-likeness (QED) is 0.469. The van der Waals surface area contributed by atoms with Crippen molar-refractivity contribution in [2.24, 2.45) is 51.8 Å². The zero-order valence-corrected chi connectivity index (χ0v) is 21.6. The summed E-state index contributed by atoms with van der Waals surface area (Å²) in [5.74, 6) is 6.21. The number of fused-ring (bicyclic) bond motifs is 4. The molecule has 5 aliphatic carbocycles. The van der Waals surface area contributed by atoms with Crippen molar-refractivity contribution in [3.63, 3.8) is 0 Å². The molecule has 0 aliphatic heterocycles. The summed E-state index contributed by atoms with van der Waals surface area (Å²) in [5, 5.41) is 0. The van der Waals surface area contributed by atoms with Crippen LogP contribution in [0.15, 0.2) is 18.3 Å². The van der Waals surface area contributed by atoms with E-state index in [9.17, 15) is 0 Å². The van der Waals surface area contributed by atoms with Crippen LogP contribution in [0.3, 0.4) is 0 Å². The zero-order chi connectivity index (χ0) is 23.0. The predicted molar refractivity (Wildman–Crippen MR) is 132 cm³/mol. The Morgan fingerprint density at radius 1 is 1.06 bits per heavy atom. The molecule has 0 aromatic carbocycles. The van der Waals surface area contributed by atoms with Crippen LogP contribution in [0, 0.1) is 51.8 Å². The van der Waals surface area contributed by atoms with Gasteiger partial charge in [0.05, 0.1) is 19.4 Å². The van der Waals surface area contributed by atoms with Gasteiger partial charge in [0, 0.05) is 18.2 Å². The molecular weight excluding hydrogens is 406 g/mol. The van der Waals surface area contributed by atoms with Crippen LogP contribution in [0.1, 0.15) is 84.3 Å². The lowest BCUT2D eigenvalue weighted by Crippen LogP contribution is -2.57. The predicted octanol–water partition coefficient (Wildman–Crippen LogP) is 6.94. The standard InChI is InChI=1S/C30H45NO2/c1-19(6-7-21-8-9-22(32-4)18-31-21)24-10-11-25-23-16-27(33-5)30-17-20(30)12-15-29(30,3)26(23)13-14-28(24,25)2/h8-9,18-20,23-27H,6-7,10-17H2,1-5H3/t19?,20-,23+,24-,25+,26+,27?,28-,29-,30+/m1/s1. The molecule has 182 valence electrons. The number of hydrogen-bond acceptors (Lipinski definition) is 3. The number of aryl methyl sites for hydroxylation is 1. The Morgan fingerprint density at radius 2 is 1.91 bits per heavy atom. The van der Waals surface area contributed by atoms with Gasteiger partial charge in [0.2, 0.25) is 0 Å². The molecule has 1 aromatic rings. The lowest BCUT2D eigenvalue weighted by Gasteiger charge is -2.61. The SMILES string of the molecule is COc1ccc(CCC(C)[C@H]2CC[C@H]3[C@@H]4CC(OC)[C@]56C[C@H]5CC[C@]6(C)[C@H]4CC[C@]23C)nc1. The van der Waals surface area contributed by atoms with E-state index in [0.717, 1.165) is 47.7 Å². The average molecular weight is 452 g/mol. The van der Waals surface area contributed by atoms with Crippen molar-refractivity contribution in [1.29, 1.82) is 0 Å². The summed E-state index contributed by atoms with van der Waals surface area (Å²) in [6.45, 7) is 7.92. The Labute approximate surface area is 201 Å². The molecule has 0 radical (unpaired) electrons. The third-order valence-corrected chi connectivity index (χ3v) is 12.5. The Kier molecular flexibility index (Phi) is 5.22. The van der Waals surface area contributed by atoms with E-state index < -0.39 is 0 Å². The average Bonchev–Trinajstić information content (AvgIpc) is 3.33. The van der Waals surface area contributed by atoms with Gasteiger partial charge in [-0.2, -0.15) is 0 Å². The van der Waals surface area contributed by atoms with Crippen molar-refractivity contribution < 1.29 is 9.47 Å². The van der Waals surface area contributed by atoms with Crippen LogP contribution in [-0.2, 0) is 11.2 Å². The molecule has 2 unspecified atom stereocenters. The Hall–Kier alpha value is -1.09. The van der Waals surface area contributed by atoms with E-state index in [-0.39, 0.29) is 0 Å². The zero-order valence-electron chi connectivity index (χ0n) is 21.6. The summed E-state index contributed by atoms with van der Waals surface area (Å²) in [7, 11) is 3.73. The number of nitrogens with zero attached hydrogens (tertiary/aromatic N) is 1. The summed E-state index contributed by atoms with van der Waals surface area (Å²) in [4.78, 5) is 4.63. The van der Waals surface area contributed by atoms with Crippen LogP contribution in [-0.4, -0.2) is 25.3 Å². The van der Waals surface area contributed by atoms with Gasteiger partial charge in [-0.15, -0.1) is 0 Å². The van der Waals surface area contributed by atoms with E-state index in [0.29, 0.717) is 22.3 Å². The minimum absolute atomic E-state index is 0.522. The van der Waals surface area contributed by atoms with Gasteiger partial charge in [-0.25, -0.2) is 0 Å².